The van der Waals surface area contributed by atoms with Crippen LogP contribution in [0.4, 0.5) is 5.13 Å². The number of nitrogens with zero attached hydrogens (tertiary/aromatic N) is 3. The van der Waals surface area contributed by atoms with Crippen LogP contribution < -0.4 is 5.32 Å². The lowest BCUT2D eigenvalue weighted by Crippen LogP contribution is -2.14. The summed E-state index contributed by atoms with van der Waals surface area (Å²) in [7, 11) is 0. The fourth-order valence-electron chi connectivity index (χ4n) is 1.47. The molecule has 0 atom stereocenters. The summed E-state index contributed by atoms with van der Waals surface area (Å²) < 4.78 is 0. The van der Waals surface area contributed by atoms with Crippen LogP contribution >= 0.6 is 34.5 Å². The van der Waals surface area contributed by atoms with Gasteiger partial charge in [0.05, 0.1) is 5.02 Å². The summed E-state index contributed by atoms with van der Waals surface area (Å²) in [6.07, 6.45) is 2.99. The molecular formula is C12H12Cl2N4OS. The smallest absolute Gasteiger partial charge is 0.277 e. The van der Waals surface area contributed by atoms with Crippen molar-refractivity contribution in [3.63, 3.8) is 0 Å². The largest absolute Gasteiger partial charge is 0.295 e. The second-order valence-electron chi connectivity index (χ2n) is 4.02. The number of pyridine rings is 1. The maximum atomic E-state index is 12.0. The number of hydrogen-bond donors (Lipinski definition) is 1. The van der Waals surface area contributed by atoms with Gasteiger partial charge in [0, 0.05) is 6.42 Å². The number of aromatic nitrogens is 3. The van der Waals surface area contributed by atoms with E-state index in [0.717, 1.165) is 24.3 Å². The van der Waals surface area contributed by atoms with E-state index in [4.69, 9.17) is 23.2 Å². The van der Waals surface area contributed by atoms with Crippen LogP contribution in [0.5, 0.6) is 0 Å². The van der Waals surface area contributed by atoms with Crippen LogP contribution in [0.25, 0.3) is 0 Å². The van der Waals surface area contributed by atoms with Crippen LogP contribution in [0.3, 0.4) is 0 Å². The monoisotopic (exact) mass is 330 g/mol. The molecule has 0 aliphatic carbocycles. The topological polar surface area (TPSA) is 67.8 Å². The van der Waals surface area contributed by atoms with Crippen LogP contribution in [-0.2, 0) is 6.42 Å². The first-order chi connectivity index (χ1) is 9.60. The van der Waals surface area contributed by atoms with E-state index in [1.165, 1.54) is 23.5 Å². The van der Waals surface area contributed by atoms with Gasteiger partial charge in [0.2, 0.25) is 5.13 Å². The normalized spacial score (nSPS) is 10.6. The summed E-state index contributed by atoms with van der Waals surface area (Å²) in [4.78, 5) is 15.9. The quantitative estimate of drug-likeness (QED) is 0.846. The van der Waals surface area contributed by atoms with Crippen LogP contribution in [0, 0.1) is 0 Å². The van der Waals surface area contributed by atoms with Crippen molar-refractivity contribution in [3.8, 4) is 0 Å². The summed E-state index contributed by atoms with van der Waals surface area (Å²) in [6.45, 7) is 2.11. The predicted molar refractivity (Wildman–Crippen MR) is 80.7 cm³/mol. The average molecular weight is 331 g/mol. The zero-order valence-electron chi connectivity index (χ0n) is 10.7. The van der Waals surface area contributed by atoms with E-state index in [-0.39, 0.29) is 15.9 Å². The molecular weight excluding hydrogens is 319 g/mol. The molecule has 2 aromatic heterocycles. The molecule has 0 spiro atoms. The number of rotatable bonds is 5. The number of halogens is 2. The minimum atomic E-state index is -0.448. The SMILES string of the molecule is CCCCc1nnc(NC(=O)c2nc(Cl)ccc2Cl)s1. The molecule has 0 saturated heterocycles. The predicted octanol–water partition coefficient (Wildman–Crippen LogP) is 3.83. The first kappa shape index (κ1) is 15.2. The molecule has 0 bridgehead atoms. The van der Waals surface area contributed by atoms with Crippen LogP contribution in [0.2, 0.25) is 10.2 Å². The number of aryl methyl sites for hydroxylation is 1. The summed E-state index contributed by atoms with van der Waals surface area (Å²) >= 11 is 13.0. The average Bonchev–Trinajstić information content (AvgIpc) is 2.86. The van der Waals surface area contributed by atoms with Gasteiger partial charge in [-0.2, -0.15) is 0 Å². The molecule has 2 aromatic rings. The lowest BCUT2D eigenvalue weighted by molar-refractivity contribution is 0.102. The van der Waals surface area contributed by atoms with Crippen molar-refractivity contribution >= 4 is 45.6 Å². The summed E-state index contributed by atoms with van der Waals surface area (Å²) in [5.41, 5.74) is 0.0736. The summed E-state index contributed by atoms with van der Waals surface area (Å²) in [5.74, 6) is -0.448. The lowest BCUT2D eigenvalue weighted by atomic mass is 10.3. The number of nitrogens with one attached hydrogen (secondary N) is 1. The molecule has 0 fully saturated rings. The Labute approximate surface area is 130 Å². The minimum absolute atomic E-state index is 0.0736. The summed E-state index contributed by atoms with van der Waals surface area (Å²) in [6, 6.07) is 3.05. The van der Waals surface area contributed by atoms with Gasteiger partial charge in [0.15, 0.2) is 0 Å². The Balaban J connectivity index is 2.07. The Kier molecular flexibility index (Phi) is 5.28. The van der Waals surface area contributed by atoms with Crippen molar-refractivity contribution in [1.82, 2.24) is 15.2 Å². The number of amides is 1. The maximum Gasteiger partial charge on any atom is 0.277 e. The second kappa shape index (κ2) is 6.97. The first-order valence-corrected chi connectivity index (χ1v) is 7.63. The number of unbranched alkanes of at least 4 members (excludes halogenated alkanes) is 1. The third-order valence-electron chi connectivity index (χ3n) is 2.46. The highest BCUT2D eigenvalue weighted by Crippen LogP contribution is 2.21. The van der Waals surface area contributed by atoms with E-state index >= 15 is 0 Å². The minimum Gasteiger partial charge on any atom is -0.295 e. The second-order valence-corrected chi connectivity index (χ2v) is 5.88. The third-order valence-corrected chi connectivity index (χ3v) is 3.87. The Morgan fingerprint density at radius 2 is 2.15 bits per heavy atom. The van der Waals surface area contributed by atoms with Gasteiger partial charge in [0.1, 0.15) is 15.9 Å². The van der Waals surface area contributed by atoms with Crippen molar-refractivity contribution in [2.75, 3.05) is 5.32 Å². The molecule has 0 aliphatic rings. The van der Waals surface area contributed by atoms with Crippen LogP contribution in [-0.4, -0.2) is 21.1 Å². The molecule has 0 aromatic carbocycles. The molecule has 2 rings (SSSR count). The van der Waals surface area contributed by atoms with E-state index in [1.807, 2.05) is 0 Å². The highest BCUT2D eigenvalue weighted by molar-refractivity contribution is 7.15. The van der Waals surface area contributed by atoms with Gasteiger partial charge in [-0.15, -0.1) is 10.2 Å². The Morgan fingerprint density at radius 1 is 1.35 bits per heavy atom. The number of carbonyl (C=O) groups is 1. The molecule has 1 amide bonds. The van der Waals surface area contributed by atoms with Crippen molar-refractivity contribution < 1.29 is 4.79 Å². The van der Waals surface area contributed by atoms with Crippen molar-refractivity contribution in [2.24, 2.45) is 0 Å². The highest BCUT2D eigenvalue weighted by atomic mass is 35.5. The Morgan fingerprint density at radius 3 is 2.90 bits per heavy atom. The fraction of sp³-hybridized carbons (Fsp3) is 0.333. The van der Waals surface area contributed by atoms with E-state index < -0.39 is 5.91 Å². The zero-order valence-corrected chi connectivity index (χ0v) is 13.0. The zero-order chi connectivity index (χ0) is 14.5. The molecule has 0 aliphatic heterocycles. The van der Waals surface area contributed by atoms with Gasteiger partial charge in [-0.1, -0.05) is 47.9 Å². The molecule has 0 saturated carbocycles. The third kappa shape index (κ3) is 3.88. The molecule has 0 unspecified atom stereocenters. The lowest BCUT2D eigenvalue weighted by Gasteiger charge is -2.02. The van der Waals surface area contributed by atoms with Crippen LogP contribution in [0.1, 0.15) is 35.3 Å². The highest BCUT2D eigenvalue weighted by Gasteiger charge is 2.15. The van der Waals surface area contributed by atoms with Crippen molar-refractivity contribution in [3.05, 3.63) is 33.0 Å². The molecule has 5 nitrogen and oxygen atoms in total. The molecule has 1 N–H and O–H groups in total. The van der Waals surface area contributed by atoms with E-state index in [0.29, 0.717) is 5.13 Å². The van der Waals surface area contributed by atoms with Crippen molar-refractivity contribution in [2.45, 2.75) is 26.2 Å². The van der Waals surface area contributed by atoms with Gasteiger partial charge in [-0.3, -0.25) is 10.1 Å². The summed E-state index contributed by atoms with van der Waals surface area (Å²) in [5, 5.41) is 12.3. The molecule has 2 heterocycles. The Bertz CT molecular complexity index is 617. The van der Waals surface area contributed by atoms with Crippen LogP contribution in [0.15, 0.2) is 12.1 Å². The number of carbonyl (C=O) groups excluding carboxylic acids is 1. The van der Waals surface area contributed by atoms with E-state index in [1.54, 1.807) is 0 Å². The molecule has 106 valence electrons. The van der Waals surface area contributed by atoms with Gasteiger partial charge >= 0.3 is 0 Å². The van der Waals surface area contributed by atoms with E-state index in [2.05, 4.69) is 27.4 Å². The molecule has 0 radical (unpaired) electrons. The molecule has 8 heteroatoms. The van der Waals surface area contributed by atoms with E-state index in [9.17, 15) is 4.79 Å². The van der Waals surface area contributed by atoms with Gasteiger partial charge in [0.25, 0.3) is 5.91 Å². The van der Waals surface area contributed by atoms with Gasteiger partial charge < -0.3 is 0 Å². The molecule has 20 heavy (non-hydrogen) atoms. The maximum absolute atomic E-state index is 12.0. The standard InChI is InChI=1S/C12H12Cl2N4OS/c1-2-3-4-9-17-18-12(20-9)16-11(19)10-7(13)5-6-8(14)15-10/h5-6H,2-4H2,1H3,(H,16,18,19). The van der Waals surface area contributed by atoms with Gasteiger partial charge in [-0.25, -0.2) is 4.98 Å². The first-order valence-electron chi connectivity index (χ1n) is 6.06. The number of anilines is 1. The van der Waals surface area contributed by atoms with Crippen molar-refractivity contribution in [1.29, 1.82) is 0 Å². The Hall–Kier alpha value is -1.24. The fourth-order valence-corrected chi connectivity index (χ4v) is 2.58. The number of hydrogen-bond acceptors (Lipinski definition) is 5. The van der Waals surface area contributed by atoms with Gasteiger partial charge in [-0.05, 0) is 18.6 Å².